The van der Waals surface area contributed by atoms with Gasteiger partial charge in [0, 0.05) is 23.5 Å². The Morgan fingerprint density at radius 2 is 1.70 bits per heavy atom. The zero-order valence-corrected chi connectivity index (χ0v) is 11.6. The molecular formula is C18H15NO. The van der Waals surface area contributed by atoms with Gasteiger partial charge in [-0.05, 0) is 42.3 Å². The van der Waals surface area contributed by atoms with Gasteiger partial charge in [-0.3, -0.25) is 0 Å². The third-order valence-electron chi connectivity index (χ3n) is 3.38. The Morgan fingerprint density at radius 3 is 2.40 bits per heavy atom. The molecule has 0 saturated carbocycles. The number of nitrogens with zero attached hydrogens (tertiary/aromatic N) is 1. The van der Waals surface area contributed by atoms with Crippen LogP contribution in [-0.2, 0) is 7.05 Å². The van der Waals surface area contributed by atoms with Crippen LogP contribution in [0.15, 0.2) is 54.6 Å². The van der Waals surface area contributed by atoms with E-state index in [1.54, 1.807) is 7.11 Å². The molecule has 0 fully saturated rings. The van der Waals surface area contributed by atoms with Crippen LogP contribution in [0.3, 0.4) is 0 Å². The Labute approximate surface area is 118 Å². The van der Waals surface area contributed by atoms with E-state index in [4.69, 9.17) is 4.74 Å². The molecule has 3 rings (SSSR count). The summed E-state index contributed by atoms with van der Waals surface area (Å²) in [6.07, 6.45) is 0. The van der Waals surface area contributed by atoms with Crippen LogP contribution in [0, 0.1) is 11.8 Å². The van der Waals surface area contributed by atoms with E-state index in [0.717, 1.165) is 17.0 Å². The zero-order chi connectivity index (χ0) is 13.9. The molecule has 3 aromatic rings. The van der Waals surface area contributed by atoms with Crippen LogP contribution in [0.5, 0.6) is 5.75 Å². The molecule has 0 radical (unpaired) electrons. The van der Waals surface area contributed by atoms with Crippen molar-refractivity contribution in [2.75, 3.05) is 7.11 Å². The van der Waals surface area contributed by atoms with E-state index in [2.05, 4.69) is 34.6 Å². The van der Waals surface area contributed by atoms with Crippen LogP contribution in [0.4, 0.5) is 0 Å². The van der Waals surface area contributed by atoms with Crippen molar-refractivity contribution in [2.45, 2.75) is 0 Å². The average Bonchev–Trinajstić information content (AvgIpc) is 2.83. The number of rotatable bonds is 1. The van der Waals surface area contributed by atoms with Gasteiger partial charge in [0.1, 0.15) is 5.75 Å². The molecule has 20 heavy (non-hydrogen) atoms. The minimum Gasteiger partial charge on any atom is -0.497 e. The van der Waals surface area contributed by atoms with Gasteiger partial charge in [-0.2, -0.15) is 0 Å². The first-order valence-corrected chi connectivity index (χ1v) is 6.48. The first-order valence-electron chi connectivity index (χ1n) is 6.48. The van der Waals surface area contributed by atoms with Gasteiger partial charge in [0.05, 0.1) is 12.8 Å². The van der Waals surface area contributed by atoms with Gasteiger partial charge in [-0.15, -0.1) is 0 Å². The fourth-order valence-corrected chi connectivity index (χ4v) is 2.22. The highest BCUT2D eigenvalue weighted by molar-refractivity contribution is 5.82. The van der Waals surface area contributed by atoms with E-state index in [1.807, 2.05) is 43.4 Å². The Hall–Kier alpha value is -2.66. The lowest BCUT2D eigenvalue weighted by molar-refractivity contribution is 0.415. The van der Waals surface area contributed by atoms with Crippen molar-refractivity contribution in [3.63, 3.8) is 0 Å². The molecule has 2 heteroatoms. The molecule has 1 aromatic heterocycles. The van der Waals surface area contributed by atoms with Crippen LogP contribution in [-0.4, -0.2) is 11.7 Å². The number of methoxy groups -OCH3 is 1. The number of fused-ring (bicyclic) bond motifs is 1. The maximum absolute atomic E-state index is 5.14. The summed E-state index contributed by atoms with van der Waals surface area (Å²) < 4.78 is 7.26. The first kappa shape index (κ1) is 12.4. The second kappa shape index (κ2) is 5.14. The van der Waals surface area contributed by atoms with Crippen molar-refractivity contribution in [3.8, 4) is 17.6 Å². The lowest BCUT2D eigenvalue weighted by atomic mass is 10.2. The molecular weight excluding hydrogens is 246 g/mol. The predicted octanol–water partition coefficient (Wildman–Crippen LogP) is 3.59. The molecule has 0 aliphatic rings. The second-order valence-electron chi connectivity index (χ2n) is 4.63. The van der Waals surface area contributed by atoms with Gasteiger partial charge >= 0.3 is 0 Å². The fourth-order valence-electron chi connectivity index (χ4n) is 2.22. The molecule has 98 valence electrons. The zero-order valence-electron chi connectivity index (χ0n) is 11.6. The van der Waals surface area contributed by atoms with Gasteiger partial charge in [0.15, 0.2) is 0 Å². The van der Waals surface area contributed by atoms with E-state index < -0.39 is 0 Å². The Balaban J connectivity index is 1.96. The molecule has 2 nitrogen and oxygen atoms in total. The minimum absolute atomic E-state index is 0.847. The summed E-state index contributed by atoms with van der Waals surface area (Å²) in [5, 5.41) is 1.22. The molecule has 0 unspecified atom stereocenters. The normalized spacial score (nSPS) is 10.1. The Kier molecular flexibility index (Phi) is 3.18. The topological polar surface area (TPSA) is 14.2 Å². The van der Waals surface area contributed by atoms with Crippen molar-refractivity contribution < 1.29 is 4.74 Å². The van der Waals surface area contributed by atoms with Crippen molar-refractivity contribution in [1.29, 1.82) is 0 Å². The quantitative estimate of drug-likeness (QED) is 0.611. The van der Waals surface area contributed by atoms with Crippen molar-refractivity contribution in [3.05, 3.63) is 65.9 Å². The number of benzene rings is 2. The van der Waals surface area contributed by atoms with Crippen molar-refractivity contribution >= 4 is 10.9 Å². The van der Waals surface area contributed by atoms with E-state index >= 15 is 0 Å². The van der Waals surface area contributed by atoms with Crippen LogP contribution >= 0.6 is 0 Å². The molecule has 0 saturated heterocycles. The first-order chi connectivity index (χ1) is 9.78. The standard InChI is InChI=1S/C18H15NO/c1-19-16(13-15-5-3-4-6-18(15)19)10-7-14-8-11-17(20-2)12-9-14/h3-6,8-9,11-13H,1-2H3. The number of hydrogen-bond donors (Lipinski definition) is 0. The number of ether oxygens (including phenoxy) is 1. The fraction of sp³-hybridized carbons (Fsp3) is 0.111. The van der Waals surface area contributed by atoms with Gasteiger partial charge in [-0.25, -0.2) is 0 Å². The molecule has 0 aliphatic carbocycles. The van der Waals surface area contributed by atoms with Crippen LogP contribution in [0.25, 0.3) is 10.9 Å². The highest BCUT2D eigenvalue weighted by Gasteiger charge is 2.01. The molecule has 1 heterocycles. The van der Waals surface area contributed by atoms with E-state index in [0.29, 0.717) is 0 Å². The maximum Gasteiger partial charge on any atom is 0.118 e. The minimum atomic E-state index is 0.847. The van der Waals surface area contributed by atoms with Crippen molar-refractivity contribution in [1.82, 2.24) is 4.57 Å². The largest absolute Gasteiger partial charge is 0.497 e. The maximum atomic E-state index is 5.14. The third-order valence-corrected chi connectivity index (χ3v) is 3.38. The summed E-state index contributed by atoms with van der Waals surface area (Å²) in [4.78, 5) is 0. The number of hydrogen-bond acceptors (Lipinski definition) is 1. The molecule has 0 spiro atoms. The number of para-hydroxylation sites is 1. The van der Waals surface area contributed by atoms with E-state index in [1.165, 1.54) is 10.9 Å². The number of aryl methyl sites for hydroxylation is 1. The Morgan fingerprint density at radius 1 is 0.950 bits per heavy atom. The molecule has 0 atom stereocenters. The highest BCUT2D eigenvalue weighted by atomic mass is 16.5. The summed E-state index contributed by atoms with van der Waals surface area (Å²) in [6, 6.07) is 18.2. The highest BCUT2D eigenvalue weighted by Crippen LogP contribution is 2.17. The van der Waals surface area contributed by atoms with E-state index in [-0.39, 0.29) is 0 Å². The third kappa shape index (κ3) is 2.26. The summed E-state index contributed by atoms with van der Waals surface area (Å²) in [5.74, 6) is 7.26. The van der Waals surface area contributed by atoms with Crippen molar-refractivity contribution in [2.24, 2.45) is 7.05 Å². The Bertz CT molecular complexity index is 801. The summed E-state index contributed by atoms with van der Waals surface area (Å²) in [7, 11) is 3.70. The SMILES string of the molecule is COc1ccc(C#Cc2cc3ccccc3n2C)cc1. The molecule has 2 aromatic carbocycles. The molecule has 0 N–H and O–H groups in total. The van der Waals surface area contributed by atoms with Crippen LogP contribution in [0.1, 0.15) is 11.3 Å². The number of aromatic nitrogens is 1. The van der Waals surface area contributed by atoms with Gasteiger partial charge in [0.25, 0.3) is 0 Å². The second-order valence-corrected chi connectivity index (χ2v) is 4.63. The lowest BCUT2D eigenvalue weighted by Crippen LogP contribution is -1.90. The molecule has 0 aliphatic heterocycles. The molecule has 0 bridgehead atoms. The summed E-state index contributed by atoms with van der Waals surface area (Å²) in [5.41, 5.74) is 3.20. The average molecular weight is 261 g/mol. The molecule has 0 amide bonds. The van der Waals surface area contributed by atoms with Crippen LogP contribution < -0.4 is 4.74 Å². The predicted molar refractivity (Wildman–Crippen MR) is 81.9 cm³/mol. The van der Waals surface area contributed by atoms with Gasteiger partial charge in [-0.1, -0.05) is 24.1 Å². The van der Waals surface area contributed by atoms with Gasteiger partial charge in [0.2, 0.25) is 0 Å². The smallest absolute Gasteiger partial charge is 0.118 e. The lowest BCUT2D eigenvalue weighted by Gasteiger charge is -1.98. The van der Waals surface area contributed by atoms with Gasteiger partial charge < -0.3 is 9.30 Å². The summed E-state index contributed by atoms with van der Waals surface area (Å²) >= 11 is 0. The summed E-state index contributed by atoms with van der Waals surface area (Å²) in [6.45, 7) is 0. The monoisotopic (exact) mass is 261 g/mol. The van der Waals surface area contributed by atoms with Crippen LogP contribution in [0.2, 0.25) is 0 Å². The van der Waals surface area contributed by atoms with E-state index in [9.17, 15) is 0 Å².